The zero-order chi connectivity index (χ0) is 22.4. The maximum Gasteiger partial charge on any atom is 0.405 e. The first kappa shape index (κ1) is 23.9. The molecule has 0 aromatic heterocycles. The van der Waals surface area contributed by atoms with Gasteiger partial charge in [-0.15, -0.1) is 0 Å². The molecule has 12 heteroatoms. The quantitative estimate of drug-likeness (QED) is 0.656. The summed E-state index contributed by atoms with van der Waals surface area (Å²) >= 11 is 0. The number of hydrogen-bond donors (Lipinski definition) is 2. The van der Waals surface area contributed by atoms with Gasteiger partial charge in [0.05, 0.1) is 24.1 Å². The van der Waals surface area contributed by atoms with E-state index < -0.39 is 41.1 Å². The fourth-order valence-corrected chi connectivity index (χ4v) is 4.52. The number of carbonyl (C=O) groups excluding carboxylic acids is 2. The molecule has 0 spiro atoms. The third-order valence-corrected chi connectivity index (χ3v) is 6.41. The number of rotatable bonds is 7. The van der Waals surface area contributed by atoms with Crippen molar-refractivity contribution < 1.29 is 35.9 Å². The average Bonchev–Trinajstić information content (AvgIpc) is 2.99. The van der Waals surface area contributed by atoms with Gasteiger partial charge in [-0.3, -0.25) is 9.59 Å². The van der Waals surface area contributed by atoms with E-state index in [0.717, 1.165) is 31.7 Å². The van der Waals surface area contributed by atoms with Gasteiger partial charge < -0.3 is 15.4 Å². The predicted molar refractivity (Wildman–Crippen MR) is 102 cm³/mol. The smallest absolute Gasteiger partial charge is 0.405 e. The van der Waals surface area contributed by atoms with Gasteiger partial charge in [0.25, 0.3) is 5.91 Å². The standard InChI is InChI=1S/C18H24F3N3O5S/c1-29-15-7-6-13(30(27,28)24-8-4-2-3-5-9-24)10-14(15)17(26)22-11-16(25)23-12-18(19,20)21/h6-7,10H,2-5,8-9,11-12H2,1H3,(H,22,26)(H,23,25). The van der Waals surface area contributed by atoms with Crippen molar-refractivity contribution in [2.24, 2.45) is 0 Å². The van der Waals surface area contributed by atoms with E-state index >= 15 is 0 Å². The van der Waals surface area contributed by atoms with Crippen LogP contribution in [0.3, 0.4) is 0 Å². The number of hydrogen-bond acceptors (Lipinski definition) is 5. The van der Waals surface area contributed by atoms with Gasteiger partial charge in [-0.2, -0.15) is 17.5 Å². The van der Waals surface area contributed by atoms with Gasteiger partial charge in [-0.05, 0) is 31.0 Å². The first-order chi connectivity index (χ1) is 14.0. The largest absolute Gasteiger partial charge is 0.496 e. The Balaban J connectivity index is 2.15. The molecular weight excluding hydrogens is 427 g/mol. The van der Waals surface area contributed by atoms with E-state index in [1.165, 1.54) is 23.5 Å². The molecule has 1 heterocycles. The van der Waals surface area contributed by atoms with Crippen molar-refractivity contribution in [3.05, 3.63) is 23.8 Å². The molecule has 1 aliphatic rings. The number of halogens is 3. The lowest BCUT2D eigenvalue weighted by Gasteiger charge is -2.20. The highest BCUT2D eigenvalue weighted by atomic mass is 32.2. The second-order valence-corrected chi connectivity index (χ2v) is 8.69. The highest BCUT2D eigenvalue weighted by molar-refractivity contribution is 7.89. The van der Waals surface area contributed by atoms with Gasteiger partial charge >= 0.3 is 6.18 Å². The van der Waals surface area contributed by atoms with Crippen molar-refractivity contribution in [1.29, 1.82) is 0 Å². The van der Waals surface area contributed by atoms with Crippen molar-refractivity contribution in [1.82, 2.24) is 14.9 Å². The Morgan fingerprint density at radius 2 is 1.73 bits per heavy atom. The normalized spacial score (nSPS) is 15.9. The van der Waals surface area contributed by atoms with Gasteiger partial charge in [-0.1, -0.05) is 12.8 Å². The maximum absolute atomic E-state index is 12.9. The lowest BCUT2D eigenvalue weighted by atomic mass is 10.2. The SMILES string of the molecule is COc1ccc(S(=O)(=O)N2CCCCCC2)cc1C(=O)NCC(=O)NCC(F)(F)F. The van der Waals surface area contributed by atoms with Crippen molar-refractivity contribution in [3.63, 3.8) is 0 Å². The van der Waals surface area contributed by atoms with Crippen LogP contribution in [0.15, 0.2) is 23.1 Å². The summed E-state index contributed by atoms with van der Waals surface area (Å²) in [7, 11) is -2.55. The Bertz CT molecular complexity index is 866. The summed E-state index contributed by atoms with van der Waals surface area (Å²) in [6.07, 6.45) is -1.19. The van der Waals surface area contributed by atoms with E-state index in [9.17, 15) is 31.2 Å². The molecule has 0 aliphatic carbocycles. The van der Waals surface area contributed by atoms with Crippen LogP contribution in [0.4, 0.5) is 13.2 Å². The third-order valence-electron chi connectivity index (χ3n) is 4.51. The van der Waals surface area contributed by atoms with E-state index in [-0.39, 0.29) is 16.2 Å². The second kappa shape index (κ2) is 10.1. The highest BCUT2D eigenvalue weighted by Gasteiger charge is 2.29. The summed E-state index contributed by atoms with van der Waals surface area (Å²) in [4.78, 5) is 23.8. The van der Waals surface area contributed by atoms with Crippen molar-refractivity contribution in [2.45, 2.75) is 36.8 Å². The van der Waals surface area contributed by atoms with E-state index in [1.54, 1.807) is 5.32 Å². The number of ether oxygens (including phenoxy) is 1. The zero-order valence-corrected chi connectivity index (χ0v) is 17.2. The van der Waals surface area contributed by atoms with Crippen molar-refractivity contribution in [2.75, 3.05) is 33.3 Å². The van der Waals surface area contributed by atoms with Crippen molar-refractivity contribution in [3.8, 4) is 5.75 Å². The van der Waals surface area contributed by atoms with Crippen LogP contribution >= 0.6 is 0 Å². The van der Waals surface area contributed by atoms with Crippen LogP contribution in [0.25, 0.3) is 0 Å². The van der Waals surface area contributed by atoms with Crippen LogP contribution in [-0.4, -0.2) is 64.0 Å². The first-order valence-corrected chi connectivity index (χ1v) is 10.8. The molecule has 8 nitrogen and oxygen atoms in total. The summed E-state index contributed by atoms with van der Waals surface area (Å²) in [5.41, 5.74) is -0.142. The van der Waals surface area contributed by atoms with Gasteiger partial charge in [0, 0.05) is 13.1 Å². The molecule has 0 atom stereocenters. The molecule has 0 bridgehead atoms. The number of amides is 2. The lowest BCUT2D eigenvalue weighted by Crippen LogP contribution is -2.41. The van der Waals surface area contributed by atoms with Crippen LogP contribution < -0.4 is 15.4 Å². The lowest BCUT2D eigenvalue weighted by molar-refractivity contribution is -0.137. The Morgan fingerprint density at radius 1 is 1.10 bits per heavy atom. The molecule has 0 unspecified atom stereocenters. The average molecular weight is 451 g/mol. The van der Waals surface area contributed by atoms with Crippen LogP contribution in [-0.2, 0) is 14.8 Å². The van der Waals surface area contributed by atoms with Crippen molar-refractivity contribution >= 4 is 21.8 Å². The molecule has 1 fully saturated rings. The number of carbonyl (C=O) groups is 2. The summed E-state index contributed by atoms with van der Waals surface area (Å²) in [5.74, 6) is -1.81. The molecular formula is C18H24F3N3O5S. The molecule has 168 valence electrons. The number of alkyl halides is 3. The summed E-state index contributed by atoms with van der Waals surface area (Å²) in [6.45, 7) is -1.46. The fourth-order valence-electron chi connectivity index (χ4n) is 2.97. The van der Waals surface area contributed by atoms with E-state index in [0.29, 0.717) is 13.1 Å². The highest BCUT2D eigenvalue weighted by Crippen LogP contribution is 2.26. The Labute approximate surface area is 172 Å². The van der Waals surface area contributed by atoms with Crippen LogP contribution in [0.2, 0.25) is 0 Å². The summed E-state index contributed by atoms with van der Waals surface area (Å²) in [5, 5.41) is 3.80. The first-order valence-electron chi connectivity index (χ1n) is 9.34. The molecule has 2 rings (SSSR count). The Hall–Kier alpha value is -2.34. The molecule has 1 aromatic rings. The van der Waals surface area contributed by atoms with Gasteiger partial charge in [0.15, 0.2) is 0 Å². The topological polar surface area (TPSA) is 105 Å². The van der Waals surface area contributed by atoms with E-state index in [1.807, 2.05) is 0 Å². The molecule has 1 saturated heterocycles. The number of nitrogens with one attached hydrogen (secondary N) is 2. The maximum atomic E-state index is 12.9. The molecule has 2 amide bonds. The molecule has 30 heavy (non-hydrogen) atoms. The summed E-state index contributed by atoms with van der Waals surface area (Å²) < 4.78 is 68.7. The molecule has 0 radical (unpaired) electrons. The molecule has 1 aromatic carbocycles. The fraction of sp³-hybridized carbons (Fsp3) is 0.556. The Morgan fingerprint density at radius 3 is 2.30 bits per heavy atom. The van der Waals surface area contributed by atoms with Gasteiger partial charge in [0.1, 0.15) is 12.3 Å². The van der Waals surface area contributed by atoms with Crippen LogP contribution in [0.1, 0.15) is 36.0 Å². The number of sulfonamides is 1. The van der Waals surface area contributed by atoms with Crippen LogP contribution in [0.5, 0.6) is 5.75 Å². The number of benzene rings is 1. The minimum absolute atomic E-state index is 0.0676. The second-order valence-electron chi connectivity index (χ2n) is 6.75. The summed E-state index contributed by atoms with van der Waals surface area (Å²) in [6, 6.07) is 3.79. The van der Waals surface area contributed by atoms with E-state index in [2.05, 4.69) is 5.32 Å². The zero-order valence-electron chi connectivity index (χ0n) is 16.4. The van der Waals surface area contributed by atoms with Gasteiger partial charge in [-0.25, -0.2) is 8.42 Å². The number of methoxy groups -OCH3 is 1. The molecule has 1 aliphatic heterocycles. The molecule has 2 N–H and O–H groups in total. The number of nitrogens with zero attached hydrogens (tertiary/aromatic N) is 1. The van der Waals surface area contributed by atoms with Crippen LogP contribution in [0, 0.1) is 0 Å². The van der Waals surface area contributed by atoms with E-state index in [4.69, 9.17) is 4.74 Å². The Kier molecular flexibility index (Phi) is 8.07. The van der Waals surface area contributed by atoms with Gasteiger partial charge in [0.2, 0.25) is 15.9 Å². The predicted octanol–water partition coefficient (Wildman–Crippen LogP) is 1.67. The monoisotopic (exact) mass is 451 g/mol. The third kappa shape index (κ3) is 6.59. The minimum Gasteiger partial charge on any atom is -0.496 e. The minimum atomic E-state index is -4.57. The molecule has 0 saturated carbocycles.